The van der Waals surface area contributed by atoms with Gasteiger partial charge in [-0.15, -0.1) is 0 Å². The Hall–Kier alpha value is -1.97. The molecule has 0 spiro atoms. The van der Waals surface area contributed by atoms with E-state index in [9.17, 15) is 9.90 Å². The molecule has 4 heteroatoms. The van der Waals surface area contributed by atoms with Gasteiger partial charge in [-0.2, -0.15) is 0 Å². The van der Waals surface area contributed by atoms with Crippen LogP contribution in [0.15, 0.2) is 18.3 Å². The Morgan fingerprint density at radius 2 is 2.20 bits per heavy atom. The molecule has 0 saturated heterocycles. The Labute approximate surface area is 86.7 Å². The number of aryl methyl sites for hydroxylation is 1. The third-order valence-electron chi connectivity index (χ3n) is 2.47. The van der Waals surface area contributed by atoms with Crippen molar-refractivity contribution in [2.75, 3.05) is 7.11 Å². The van der Waals surface area contributed by atoms with Crippen LogP contribution < -0.4 is 4.74 Å². The van der Waals surface area contributed by atoms with Gasteiger partial charge in [0.1, 0.15) is 0 Å². The summed E-state index contributed by atoms with van der Waals surface area (Å²) in [6.07, 6.45) is 2.40. The molecule has 78 valence electrons. The first-order chi connectivity index (χ1) is 7.19. The van der Waals surface area contributed by atoms with Crippen LogP contribution in [0.1, 0.15) is 10.4 Å². The first kappa shape index (κ1) is 9.58. The van der Waals surface area contributed by atoms with E-state index in [1.807, 2.05) is 7.05 Å². The first-order valence-corrected chi connectivity index (χ1v) is 4.49. The molecule has 0 unspecified atom stereocenters. The molecule has 0 fully saturated rings. The quantitative estimate of drug-likeness (QED) is 0.759. The van der Waals surface area contributed by atoms with Crippen molar-refractivity contribution in [1.82, 2.24) is 4.57 Å². The summed E-state index contributed by atoms with van der Waals surface area (Å²) in [6.45, 7) is 0. The molecule has 1 N–H and O–H groups in total. The number of phenols is 1. The highest BCUT2D eigenvalue weighted by molar-refractivity contribution is 6.02. The fraction of sp³-hybridized carbons (Fsp3) is 0.182. The summed E-state index contributed by atoms with van der Waals surface area (Å²) >= 11 is 0. The third kappa shape index (κ3) is 1.26. The number of carbonyl (C=O) groups is 1. The van der Waals surface area contributed by atoms with E-state index in [2.05, 4.69) is 0 Å². The first-order valence-electron chi connectivity index (χ1n) is 4.49. The maximum Gasteiger partial charge on any atom is 0.167 e. The molecule has 4 nitrogen and oxygen atoms in total. The van der Waals surface area contributed by atoms with E-state index in [1.54, 1.807) is 22.9 Å². The second-order valence-corrected chi connectivity index (χ2v) is 3.32. The standard InChI is InChI=1S/C11H11NO3/c1-12-5-7(6-13)10-8(12)3-4-9(15-2)11(10)14/h3-6,14H,1-2H3. The number of ether oxygens (including phenoxy) is 1. The Morgan fingerprint density at radius 3 is 2.80 bits per heavy atom. The molecular formula is C11H11NO3. The molecule has 2 rings (SSSR count). The molecule has 0 bridgehead atoms. The number of aldehydes is 1. The summed E-state index contributed by atoms with van der Waals surface area (Å²) in [4.78, 5) is 10.8. The molecule has 0 radical (unpaired) electrons. The van der Waals surface area contributed by atoms with Gasteiger partial charge in [0.15, 0.2) is 17.8 Å². The van der Waals surface area contributed by atoms with Crippen LogP contribution in [0.2, 0.25) is 0 Å². The maximum absolute atomic E-state index is 10.8. The van der Waals surface area contributed by atoms with Crippen molar-refractivity contribution >= 4 is 17.2 Å². The van der Waals surface area contributed by atoms with Crippen molar-refractivity contribution in [2.45, 2.75) is 0 Å². The molecule has 1 aromatic heterocycles. The average Bonchev–Trinajstić information content (AvgIpc) is 2.57. The number of phenolic OH excluding ortho intramolecular Hbond substituents is 1. The zero-order valence-corrected chi connectivity index (χ0v) is 8.52. The van der Waals surface area contributed by atoms with Crippen molar-refractivity contribution in [3.05, 3.63) is 23.9 Å². The summed E-state index contributed by atoms with van der Waals surface area (Å²) < 4.78 is 6.78. The van der Waals surface area contributed by atoms with Gasteiger partial charge in [0.2, 0.25) is 0 Å². The van der Waals surface area contributed by atoms with E-state index in [4.69, 9.17) is 4.74 Å². The summed E-state index contributed by atoms with van der Waals surface area (Å²) in [7, 11) is 3.30. The number of benzene rings is 1. The number of hydrogen-bond donors (Lipinski definition) is 1. The van der Waals surface area contributed by atoms with E-state index in [0.29, 0.717) is 16.7 Å². The van der Waals surface area contributed by atoms with Crippen molar-refractivity contribution in [3.8, 4) is 11.5 Å². The predicted molar refractivity (Wildman–Crippen MR) is 56.5 cm³/mol. The molecule has 1 aromatic carbocycles. The number of methoxy groups -OCH3 is 1. The lowest BCUT2D eigenvalue weighted by Gasteiger charge is -2.04. The topological polar surface area (TPSA) is 51.5 Å². The van der Waals surface area contributed by atoms with Gasteiger partial charge in [-0.1, -0.05) is 0 Å². The van der Waals surface area contributed by atoms with Crippen molar-refractivity contribution < 1.29 is 14.6 Å². The molecule has 15 heavy (non-hydrogen) atoms. The van der Waals surface area contributed by atoms with Gasteiger partial charge >= 0.3 is 0 Å². The highest BCUT2D eigenvalue weighted by Crippen LogP contribution is 2.36. The number of carbonyl (C=O) groups excluding carboxylic acids is 1. The molecule has 0 atom stereocenters. The summed E-state index contributed by atoms with van der Waals surface area (Å²) in [6, 6.07) is 3.48. The molecular weight excluding hydrogens is 194 g/mol. The van der Waals surface area contributed by atoms with Crippen molar-refractivity contribution in [3.63, 3.8) is 0 Å². The monoisotopic (exact) mass is 205 g/mol. The Morgan fingerprint density at radius 1 is 1.47 bits per heavy atom. The number of rotatable bonds is 2. The summed E-state index contributed by atoms with van der Waals surface area (Å²) in [5, 5.41) is 10.4. The minimum absolute atomic E-state index is 0.0118. The van der Waals surface area contributed by atoms with Gasteiger partial charge < -0.3 is 14.4 Å². The molecule has 0 aliphatic carbocycles. The number of aromatic hydroxyl groups is 1. The molecule has 0 amide bonds. The lowest BCUT2D eigenvalue weighted by molar-refractivity contribution is 0.112. The maximum atomic E-state index is 10.8. The van der Waals surface area contributed by atoms with Crippen LogP contribution in [0.4, 0.5) is 0 Å². The predicted octanol–water partition coefficient (Wildman–Crippen LogP) is 1.70. The summed E-state index contributed by atoms with van der Waals surface area (Å²) in [5.41, 5.74) is 1.26. The van der Waals surface area contributed by atoms with Crippen LogP contribution >= 0.6 is 0 Å². The normalized spacial score (nSPS) is 10.5. The molecule has 0 aliphatic heterocycles. The van der Waals surface area contributed by atoms with Crippen LogP contribution in [0, 0.1) is 0 Å². The Bertz CT molecular complexity index is 528. The van der Waals surface area contributed by atoms with Gasteiger partial charge in [0, 0.05) is 18.8 Å². The van der Waals surface area contributed by atoms with E-state index in [-0.39, 0.29) is 5.75 Å². The number of aromatic nitrogens is 1. The second kappa shape index (κ2) is 3.31. The second-order valence-electron chi connectivity index (χ2n) is 3.32. The van der Waals surface area contributed by atoms with E-state index >= 15 is 0 Å². The van der Waals surface area contributed by atoms with Crippen molar-refractivity contribution in [1.29, 1.82) is 0 Å². The van der Waals surface area contributed by atoms with Gasteiger partial charge in [0.25, 0.3) is 0 Å². The van der Waals surface area contributed by atoms with E-state index in [1.165, 1.54) is 7.11 Å². The van der Waals surface area contributed by atoms with Gasteiger partial charge in [0.05, 0.1) is 18.0 Å². The van der Waals surface area contributed by atoms with Gasteiger partial charge in [-0.3, -0.25) is 4.79 Å². The Kier molecular flexibility index (Phi) is 2.11. The van der Waals surface area contributed by atoms with Crippen LogP contribution in [0.25, 0.3) is 10.9 Å². The molecule has 1 heterocycles. The lowest BCUT2D eigenvalue weighted by Crippen LogP contribution is -1.86. The van der Waals surface area contributed by atoms with Gasteiger partial charge in [-0.25, -0.2) is 0 Å². The zero-order valence-electron chi connectivity index (χ0n) is 8.52. The summed E-state index contributed by atoms with van der Waals surface area (Å²) in [5.74, 6) is 0.384. The fourth-order valence-electron chi connectivity index (χ4n) is 1.74. The Balaban J connectivity index is 2.89. The fourth-order valence-corrected chi connectivity index (χ4v) is 1.74. The average molecular weight is 205 g/mol. The highest BCUT2D eigenvalue weighted by atomic mass is 16.5. The third-order valence-corrected chi connectivity index (χ3v) is 2.47. The smallest absolute Gasteiger partial charge is 0.167 e. The van der Waals surface area contributed by atoms with Crippen LogP contribution in [0.3, 0.4) is 0 Å². The van der Waals surface area contributed by atoms with Crippen molar-refractivity contribution in [2.24, 2.45) is 7.05 Å². The number of fused-ring (bicyclic) bond motifs is 1. The minimum atomic E-state index is 0.0118. The number of nitrogens with zero attached hydrogens (tertiary/aromatic N) is 1. The van der Waals surface area contributed by atoms with Crippen LogP contribution in [-0.2, 0) is 7.05 Å². The van der Waals surface area contributed by atoms with E-state index in [0.717, 1.165) is 11.8 Å². The molecule has 2 aromatic rings. The number of hydrogen-bond acceptors (Lipinski definition) is 3. The highest BCUT2D eigenvalue weighted by Gasteiger charge is 2.13. The molecule has 0 aliphatic rings. The largest absolute Gasteiger partial charge is 0.504 e. The van der Waals surface area contributed by atoms with Crippen LogP contribution in [0.5, 0.6) is 11.5 Å². The lowest BCUT2D eigenvalue weighted by atomic mass is 10.1. The SMILES string of the molecule is COc1ccc2c(c(C=O)cn2C)c1O. The zero-order chi connectivity index (χ0) is 11.0. The van der Waals surface area contributed by atoms with Crippen LogP contribution in [-0.4, -0.2) is 23.1 Å². The molecule has 0 saturated carbocycles. The van der Waals surface area contributed by atoms with Gasteiger partial charge in [-0.05, 0) is 12.1 Å². The van der Waals surface area contributed by atoms with E-state index < -0.39 is 0 Å². The minimum Gasteiger partial charge on any atom is -0.504 e.